The molecule has 1 heterocycles. The van der Waals surface area contributed by atoms with E-state index in [-0.39, 0.29) is 12.2 Å². The summed E-state index contributed by atoms with van der Waals surface area (Å²) in [7, 11) is 0. The van der Waals surface area contributed by atoms with Crippen molar-refractivity contribution < 1.29 is 4.39 Å². The van der Waals surface area contributed by atoms with Gasteiger partial charge in [0.2, 0.25) is 0 Å². The molecule has 0 spiro atoms. The van der Waals surface area contributed by atoms with Crippen molar-refractivity contribution in [3.05, 3.63) is 58.0 Å². The summed E-state index contributed by atoms with van der Waals surface area (Å²) in [5.41, 5.74) is 2.52. The van der Waals surface area contributed by atoms with Gasteiger partial charge in [-0.25, -0.2) is 4.39 Å². The molecular weight excluding hydrogens is 310 g/mol. The number of benzene rings is 2. The first kappa shape index (κ1) is 13.9. The third-order valence-electron chi connectivity index (χ3n) is 3.30. The molecule has 0 fully saturated rings. The molecule has 0 bridgehead atoms. The predicted molar refractivity (Wildman–Crippen MR) is 83.0 cm³/mol. The summed E-state index contributed by atoms with van der Waals surface area (Å²) in [4.78, 5) is 3.06. The van der Waals surface area contributed by atoms with Crippen molar-refractivity contribution in [2.24, 2.45) is 0 Å². The van der Waals surface area contributed by atoms with Crippen LogP contribution < -0.4 is 0 Å². The number of fused-ring (bicyclic) bond motifs is 1. The molecule has 2 nitrogen and oxygen atoms in total. The van der Waals surface area contributed by atoms with Crippen LogP contribution in [-0.4, -0.2) is 4.98 Å². The van der Waals surface area contributed by atoms with Crippen LogP contribution in [0.15, 0.2) is 36.5 Å². The first-order valence-corrected chi connectivity index (χ1v) is 6.97. The molecule has 0 amide bonds. The van der Waals surface area contributed by atoms with Gasteiger partial charge in [-0.1, -0.05) is 23.2 Å². The topological polar surface area (TPSA) is 39.6 Å². The van der Waals surface area contributed by atoms with Crippen molar-refractivity contribution in [3.8, 4) is 17.2 Å². The second-order valence-electron chi connectivity index (χ2n) is 4.65. The molecule has 1 N–H and O–H groups in total. The average Bonchev–Trinajstić information content (AvgIpc) is 2.81. The summed E-state index contributed by atoms with van der Waals surface area (Å²) in [5, 5.41) is 10.5. The molecule has 1 aromatic heterocycles. The summed E-state index contributed by atoms with van der Waals surface area (Å²) < 4.78 is 14.4. The molecule has 0 saturated carbocycles. The van der Waals surface area contributed by atoms with Crippen LogP contribution in [-0.2, 0) is 6.42 Å². The lowest BCUT2D eigenvalue weighted by molar-refractivity contribution is 0.633. The third kappa shape index (κ3) is 2.49. The van der Waals surface area contributed by atoms with Gasteiger partial charge in [-0.05, 0) is 41.5 Å². The number of rotatable bonds is 2. The fraction of sp³-hybridized carbons (Fsp3) is 0.0625. The van der Waals surface area contributed by atoms with Crippen LogP contribution in [0.3, 0.4) is 0 Å². The van der Waals surface area contributed by atoms with Gasteiger partial charge in [0.25, 0.3) is 0 Å². The van der Waals surface area contributed by atoms with E-state index >= 15 is 0 Å². The molecule has 0 aliphatic carbocycles. The molecule has 21 heavy (non-hydrogen) atoms. The molecule has 3 aromatic rings. The van der Waals surface area contributed by atoms with Crippen LogP contribution >= 0.6 is 23.2 Å². The molecule has 2 aromatic carbocycles. The average molecular weight is 319 g/mol. The van der Waals surface area contributed by atoms with Gasteiger partial charge in [0.05, 0.1) is 12.5 Å². The van der Waals surface area contributed by atoms with Crippen molar-refractivity contribution in [1.82, 2.24) is 4.98 Å². The maximum absolute atomic E-state index is 14.4. The minimum atomic E-state index is -0.375. The van der Waals surface area contributed by atoms with Gasteiger partial charge in [-0.2, -0.15) is 5.26 Å². The number of nitrogens with one attached hydrogen (secondary N) is 1. The number of nitrogens with zero attached hydrogens (tertiary/aromatic N) is 1. The van der Waals surface area contributed by atoms with Gasteiger partial charge in [0.1, 0.15) is 5.82 Å². The second kappa shape index (κ2) is 5.40. The van der Waals surface area contributed by atoms with Gasteiger partial charge >= 0.3 is 0 Å². The van der Waals surface area contributed by atoms with Crippen molar-refractivity contribution >= 4 is 34.1 Å². The number of H-pyrrole nitrogens is 1. The SMILES string of the molecule is N#CCc1c[nH]c2ccc(F)c(-c3cc(Cl)cc(Cl)c3)c12. The third-order valence-corrected chi connectivity index (χ3v) is 3.73. The zero-order valence-corrected chi connectivity index (χ0v) is 12.3. The number of hydrogen-bond donors (Lipinski definition) is 1. The molecular formula is C16H9Cl2FN2. The largest absolute Gasteiger partial charge is 0.361 e. The smallest absolute Gasteiger partial charge is 0.131 e. The maximum atomic E-state index is 14.4. The summed E-state index contributed by atoms with van der Waals surface area (Å²) >= 11 is 12.0. The van der Waals surface area contributed by atoms with Gasteiger partial charge in [0, 0.05) is 32.7 Å². The standard InChI is InChI=1S/C16H9Cl2FN2/c17-11-5-10(6-12(18)7-11)15-13(19)1-2-14-16(15)9(3-4-20)8-21-14/h1-2,5-8,21H,3H2. The van der Waals surface area contributed by atoms with Gasteiger partial charge in [0.15, 0.2) is 0 Å². The molecule has 3 rings (SSSR count). The van der Waals surface area contributed by atoms with E-state index in [1.54, 1.807) is 30.5 Å². The van der Waals surface area contributed by atoms with Gasteiger partial charge in [-0.15, -0.1) is 0 Å². The lowest BCUT2D eigenvalue weighted by atomic mass is 9.97. The fourth-order valence-corrected chi connectivity index (χ4v) is 3.00. The van der Waals surface area contributed by atoms with E-state index in [2.05, 4.69) is 11.1 Å². The van der Waals surface area contributed by atoms with E-state index in [9.17, 15) is 4.39 Å². The monoisotopic (exact) mass is 318 g/mol. The lowest BCUT2D eigenvalue weighted by Gasteiger charge is -2.08. The minimum Gasteiger partial charge on any atom is -0.361 e. The second-order valence-corrected chi connectivity index (χ2v) is 5.52. The zero-order valence-electron chi connectivity index (χ0n) is 10.8. The maximum Gasteiger partial charge on any atom is 0.131 e. The van der Waals surface area contributed by atoms with E-state index in [0.29, 0.717) is 26.6 Å². The first-order valence-electron chi connectivity index (χ1n) is 6.22. The quantitative estimate of drug-likeness (QED) is 0.680. The van der Waals surface area contributed by atoms with Crippen LogP contribution in [0.5, 0.6) is 0 Å². The van der Waals surface area contributed by atoms with E-state index in [1.807, 2.05) is 0 Å². The van der Waals surface area contributed by atoms with E-state index in [0.717, 1.165) is 11.1 Å². The van der Waals surface area contributed by atoms with Crippen LogP contribution in [0, 0.1) is 17.1 Å². The summed E-state index contributed by atoms with van der Waals surface area (Å²) in [5.74, 6) is -0.375. The van der Waals surface area contributed by atoms with Crippen LogP contribution in [0.4, 0.5) is 4.39 Å². The Bertz CT molecular complexity index is 858. The highest BCUT2D eigenvalue weighted by atomic mass is 35.5. The number of aromatic amines is 1. The van der Waals surface area contributed by atoms with E-state index < -0.39 is 0 Å². The Labute approximate surface area is 130 Å². The molecule has 104 valence electrons. The molecule has 5 heteroatoms. The molecule has 0 radical (unpaired) electrons. The summed E-state index contributed by atoms with van der Waals surface area (Å²) in [6.45, 7) is 0. The number of hydrogen-bond acceptors (Lipinski definition) is 1. The number of halogens is 3. The Hall–Kier alpha value is -2.02. The molecule has 0 unspecified atom stereocenters. The number of aromatic nitrogens is 1. The van der Waals surface area contributed by atoms with Crippen LogP contribution in [0.2, 0.25) is 10.0 Å². The summed E-state index contributed by atoms with van der Waals surface area (Å²) in [6.07, 6.45) is 1.92. The van der Waals surface area contributed by atoms with E-state index in [1.165, 1.54) is 6.07 Å². The highest BCUT2D eigenvalue weighted by Gasteiger charge is 2.15. The highest BCUT2D eigenvalue weighted by Crippen LogP contribution is 2.36. The normalized spacial score (nSPS) is 10.8. The van der Waals surface area contributed by atoms with Crippen molar-refractivity contribution in [2.45, 2.75) is 6.42 Å². The minimum absolute atomic E-state index is 0.199. The molecule has 0 atom stereocenters. The van der Waals surface area contributed by atoms with Crippen LogP contribution in [0.1, 0.15) is 5.56 Å². The fourth-order valence-electron chi connectivity index (χ4n) is 2.47. The first-order chi connectivity index (χ1) is 10.1. The Balaban J connectivity index is 2.37. The Kier molecular flexibility index (Phi) is 3.59. The van der Waals surface area contributed by atoms with Crippen molar-refractivity contribution in [2.75, 3.05) is 0 Å². The van der Waals surface area contributed by atoms with E-state index in [4.69, 9.17) is 28.5 Å². The Morgan fingerprint density at radius 3 is 2.52 bits per heavy atom. The lowest BCUT2D eigenvalue weighted by Crippen LogP contribution is -1.89. The predicted octanol–water partition coefficient (Wildman–Crippen LogP) is 5.35. The molecule has 0 aliphatic heterocycles. The molecule has 0 saturated heterocycles. The Morgan fingerprint density at radius 1 is 1.14 bits per heavy atom. The van der Waals surface area contributed by atoms with Gasteiger partial charge < -0.3 is 4.98 Å². The summed E-state index contributed by atoms with van der Waals surface area (Å²) in [6, 6.07) is 10.0. The van der Waals surface area contributed by atoms with Crippen LogP contribution in [0.25, 0.3) is 22.0 Å². The van der Waals surface area contributed by atoms with Crippen molar-refractivity contribution in [3.63, 3.8) is 0 Å². The highest BCUT2D eigenvalue weighted by molar-refractivity contribution is 6.35. The van der Waals surface area contributed by atoms with Crippen molar-refractivity contribution in [1.29, 1.82) is 5.26 Å². The zero-order chi connectivity index (χ0) is 15.0. The van der Waals surface area contributed by atoms with Gasteiger partial charge in [-0.3, -0.25) is 0 Å². The molecule has 0 aliphatic rings. The number of nitriles is 1. The Morgan fingerprint density at radius 2 is 1.86 bits per heavy atom.